The number of rotatable bonds is 7. The maximum absolute atomic E-state index is 13.3. The van der Waals surface area contributed by atoms with Gasteiger partial charge in [0.15, 0.2) is 11.5 Å². The number of amides is 1. The number of hydrogen-bond donors (Lipinski definition) is 0. The summed E-state index contributed by atoms with van der Waals surface area (Å²) in [5, 5.41) is 0.431. The lowest BCUT2D eigenvalue weighted by Crippen LogP contribution is -2.48. The Balaban J connectivity index is 1.33. The van der Waals surface area contributed by atoms with Crippen molar-refractivity contribution >= 4 is 17.5 Å². The standard InChI is InChI=1S/C26H26ClFN2O3/c1-32-24-7-2-3-8-25(24)33-18-19-5-4-6-20(15-19)26(31)30-13-11-29(12-14-30)17-21-9-10-22(28)16-23(21)27/h2-10,15-16H,11-14,17-18H2,1H3. The molecule has 1 fully saturated rings. The monoisotopic (exact) mass is 468 g/mol. The van der Waals surface area contributed by atoms with Crippen LogP contribution in [0.25, 0.3) is 0 Å². The van der Waals surface area contributed by atoms with E-state index in [0.717, 1.165) is 24.2 Å². The molecule has 4 rings (SSSR count). The Morgan fingerprint density at radius 2 is 1.73 bits per heavy atom. The lowest BCUT2D eigenvalue weighted by molar-refractivity contribution is 0.0628. The molecule has 3 aromatic carbocycles. The van der Waals surface area contributed by atoms with Crippen LogP contribution in [0.2, 0.25) is 5.02 Å². The van der Waals surface area contributed by atoms with Gasteiger partial charge in [-0.3, -0.25) is 9.69 Å². The van der Waals surface area contributed by atoms with Crippen LogP contribution in [0.1, 0.15) is 21.5 Å². The smallest absolute Gasteiger partial charge is 0.253 e. The van der Waals surface area contributed by atoms with E-state index in [1.165, 1.54) is 12.1 Å². The van der Waals surface area contributed by atoms with Crippen LogP contribution in [0.15, 0.2) is 66.7 Å². The van der Waals surface area contributed by atoms with E-state index in [9.17, 15) is 9.18 Å². The fraction of sp³-hybridized carbons (Fsp3) is 0.269. The number of benzene rings is 3. The summed E-state index contributed by atoms with van der Waals surface area (Å²) < 4.78 is 24.5. The summed E-state index contributed by atoms with van der Waals surface area (Å²) in [6, 6.07) is 19.5. The molecule has 1 aliphatic heterocycles. The molecule has 1 heterocycles. The van der Waals surface area contributed by atoms with Gasteiger partial charge in [0.2, 0.25) is 0 Å². The summed E-state index contributed by atoms with van der Waals surface area (Å²) in [5.41, 5.74) is 2.45. The molecule has 1 amide bonds. The Labute approximate surface area is 198 Å². The van der Waals surface area contributed by atoms with Crippen molar-refractivity contribution in [3.05, 3.63) is 94.3 Å². The molecule has 0 spiro atoms. The third-order valence-corrected chi connectivity index (χ3v) is 6.06. The zero-order valence-electron chi connectivity index (χ0n) is 18.5. The lowest BCUT2D eigenvalue weighted by atomic mass is 10.1. The van der Waals surface area contributed by atoms with Crippen molar-refractivity contribution in [2.75, 3.05) is 33.3 Å². The van der Waals surface area contributed by atoms with E-state index < -0.39 is 0 Å². The van der Waals surface area contributed by atoms with Crippen molar-refractivity contribution in [1.29, 1.82) is 0 Å². The zero-order valence-corrected chi connectivity index (χ0v) is 19.2. The summed E-state index contributed by atoms with van der Waals surface area (Å²) in [6.45, 7) is 3.69. The first kappa shape index (κ1) is 23.1. The topological polar surface area (TPSA) is 42.0 Å². The molecule has 0 bridgehead atoms. The van der Waals surface area contributed by atoms with Gasteiger partial charge in [-0.1, -0.05) is 41.9 Å². The summed E-state index contributed by atoms with van der Waals surface area (Å²) in [4.78, 5) is 17.2. The SMILES string of the molecule is COc1ccccc1OCc1cccc(C(=O)N2CCN(Cc3ccc(F)cc3Cl)CC2)c1. The quantitative estimate of drug-likeness (QED) is 0.488. The number of hydrogen-bond acceptors (Lipinski definition) is 4. The van der Waals surface area contributed by atoms with Crippen LogP contribution in [0.3, 0.4) is 0 Å². The number of para-hydroxylation sites is 2. The molecule has 0 radical (unpaired) electrons. The van der Waals surface area contributed by atoms with Crippen LogP contribution in [0.5, 0.6) is 11.5 Å². The first-order chi connectivity index (χ1) is 16.0. The van der Waals surface area contributed by atoms with Gasteiger partial charge in [-0.2, -0.15) is 0 Å². The molecule has 172 valence electrons. The number of piperazine rings is 1. The highest BCUT2D eigenvalue weighted by Gasteiger charge is 2.23. The fourth-order valence-electron chi connectivity index (χ4n) is 3.88. The average Bonchev–Trinajstić information content (AvgIpc) is 2.85. The first-order valence-corrected chi connectivity index (χ1v) is 11.2. The lowest BCUT2D eigenvalue weighted by Gasteiger charge is -2.35. The molecule has 7 heteroatoms. The number of halogens is 2. The second-order valence-corrected chi connectivity index (χ2v) is 8.35. The normalized spacial score (nSPS) is 14.2. The number of ether oxygens (including phenoxy) is 2. The molecule has 0 aliphatic carbocycles. The summed E-state index contributed by atoms with van der Waals surface area (Å²) in [6.07, 6.45) is 0. The van der Waals surface area contributed by atoms with Crippen molar-refractivity contribution < 1.29 is 18.7 Å². The molecule has 0 aromatic heterocycles. The van der Waals surface area contributed by atoms with E-state index in [4.69, 9.17) is 21.1 Å². The van der Waals surface area contributed by atoms with Gasteiger partial charge < -0.3 is 14.4 Å². The van der Waals surface area contributed by atoms with Crippen LogP contribution < -0.4 is 9.47 Å². The van der Waals surface area contributed by atoms with Crippen molar-refractivity contribution in [2.24, 2.45) is 0 Å². The maximum atomic E-state index is 13.3. The average molecular weight is 469 g/mol. The van der Waals surface area contributed by atoms with E-state index in [1.54, 1.807) is 13.2 Å². The first-order valence-electron chi connectivity index (χ1n) is 10.8. The Morgan fingerprint density at radius 3 is 2.45 bits per heavy atom. The van der Waals surface area contributed by atoms with Crippen LogP contribution in [0, 0.1) is 5.82 Å². The van der Waals surface area contributed by atoms with Gasteiger partial charge in [0.1, 0.15) is 12.4 Å². The minimum atomic E-state index is -0.338. The van der Waals surface area contributed by atoms with Crippen molar-refractivity contribution in [2.45, 2.75) is 13.2 Å². The number of carbonyl (C=O) groups is 1. The van der Waals surface area contributed by atoms with Gasteiger partial charge in [0.05, 0.1) is 7.11 Å². The van der Waals surface area contributed by atoms with Gasteiger partial charge in [0, 0.05) is 43.3 Å². The Kier molecular flexibility index (Phi) is 7.47. The van der Waals surface area contributed by atoms with Crippen LogP contribution in [-0.2, 0) is 13.2 Å². The second kappa shape index (κ2) is 10.7. The summed E-state index contributed by atoms with van der Waals surface area (Å²) in [5.74, 6) is 1.00. The fourth-order valence-corrected chi connectivity index (χ4v) is 4.10. The van der Waals surface area contributed by atoms with E-state index in [1.807, 2.05) is 53.4 Å². The van der Waals surface area contributed by atoms with Crippen LogP contribution in [0.4, 0.5) is 4.39 Å². The highest BCUT2D eigenvalue weighted by atomic mass is 35.5. The van der Waals surface area contributed by atoms with Crippen LogP contribution >= 0.6 is 11.6 Å². The second-order valence-electron chi connectivity index (χ2n) is 7.94. The largest absolute Gasteiger partial charge is 0.493 e. The van der Waals surface area contributed by atoms with Crippen LogP contribution in [-0.4, -0.2) is 49.0 Å². The van der Waals surface area contributed by atoms with Gasteiger partial charge in [-0.15, -0.1) is 0 Å². The molecule has 5 nitrogen and oxygen atoms in total. The minimum Gasteiger partial charge on any atom is -0.493 e. The molecule has 3 aromatic rings. The van der Waals surface area contributed by atoms with Crippen molar-refractivity contribution in [1.82, 2.24) is 9.80 Å². The van der Waals surface area contributed by atoms with Gasteiger partial charge in [0.25, 0.3) is 5.91 Å². The molecule has 0 unspecified atom stereocenters. The Morgan fingerprint density at radius 1 is 0.970 bits per heavy atom. The van der Waals surface area contributed by atoms with E-state index in [0.29, 0.717) is 48.3 Å². The molecule has 0 saturated carbocycles. The van der Waals surface area contributed by atoms with Crippen molar-refractivity contribution in [3.63, 3.8) is 0 Å². The van der Waals surface area contributed by atoms with Gasteiger partial charge in [-0.25, -0.2) is 4.39 Å². The third-order valence-electron chi connectivity index (χ3n) is 5.71. The zero-order chi connectivity index (χ0) is 23.2. The third kappa shape index (κ3) is 5.83. The van der Waals surface area contributed by atoms with E-state index in [-0.39, 0.29) is 11.7 Å². The predicted molar refractivity (Wildman–Crippen MR) is 126 cm³/mol. The van der Waals surface area contributed by atoms with Crippen molar-refractivity contribution in [3.8, 4) is 11.5 Å². The van der Waals surface area contributed by atoms with Gasteiger partial charge in [-0.05, 0) is 47.5 Å². The minimum absolute atomic E-state index is 0.00797. The summed E-state index contributed by atoms with van der Waals surface area (Å²) >= 11 is 6.16. The molecule has 0 atom stereocenters. The molecule has 1 saturated heterocycles. The Bertz CT molecular complexity index is 1120. The van der Waals surface area contributed by atoms with E-state index in [2.05, 4.69) is 4.90 Å². The Hall–Kier alpha value is -3.09. The molecule has 1 aliphatic rings. The highest BCUT2D eigenvalue weighted by Crippen LogP contribution is 2.27. The number of carbonyl (C=O) groups excluding carboxylic acids is 1. The molecule has 0 N–H and O–H groups in total. The van der Waals surface area contributed by atoms with Gasteiger partial charge >= 0.3 is 0 Å². The predicted octanol–water partition coefficient (Wildman–Crippen LogP) is 5.02. The number of nitrogens with zero attached hydrogens (tertiary/aromatic N) is 2. The highest BCUT2D eigenvalue weighted by molar-refractivity contribution is 6.31. The summed E-state index contributed by atoms with van der Waals surface area (Å²) in [7, 11) is 1.61. The molecular weight excluding hydrogens is 443 g/mol. The van der Waals surface area contributed by atoms with E-state index >= 15 is 0 Å². The number of methoxy groups -OCH3 is 1. The molecule has 33 heavy (non-hydrogen) atoms. The maximum Gasteiger partial charge on any atom is 0.253 e. The molecular formula is C26H26ClFN2O3.